The largest absolute Gasteiger partial charge is 0.467 e. The van der Waals surface area contributed by atoms with E-state index >= 15 is 0 Å². The number of nitrogens with zero attached hydrogens (tertiary/aromatic N) is 5. The van der Waals surface area contributed by atoms with E-state index in [0.29, 0.717) is 25.6 Å². The average Bonchev–Trinajstić information content (AvgIpc) is 2.62. The molecule has 8 nitrogen and oxygen atoms in total. The van der Waals surface area contributed by atoms with E-state index in [9.17, 15) is 0 Å². The lowest BCUT2D eigenvalue weighted by atomic mass is 10.2. The zero-order valence-electron chi connectivity index (χ0n) is 12.5. The highest BCUT2D eigenvalue weighted by atomic mass is 16.5. The van der Waals surface area contributed by atoms with E-state index in [-0.39, 0.29) is 18.1 Å². The predicted molar refractivity (Wildman–Crippen MR) is 78.1 cm³/mol. The molecule has 1 aliphatic rings. The second-order valence-corrected chi connectivity index (χ2v) is 4.67. The Bertz CT molecular complexity index is 603. The molecule has 0 amide bonds. The normalized spacial score (nSPS) is 18.1. The number of rotatable bonds is 4. The van der Waals surface area contributed by atoms with Crippen molar-refractivity contribution in [1.82, 2.24) is 19.9 Å². The van der Waals surface area contributed by atoms with Gasteiger partial charge in [0.15, 0.2) is 0 Å². The van der Waals surface area contributed by atoms with Crippen LogP contribution in [0.4, 0.5) is 5.95 Å². The number of pyridine rings is 1. The van der Waals surface area contributed by atoms with Crippen molar-refractivity contribution in [2.45, 2.75) is 6.10 Å². The van der Waals surface area contributed by atoms with Crippen LogP contribution >= 0.6 is 0 Å². The Morgan fingerprint density at radius 1 is 1.14 bits per heavy atom. The predicted octanol–water partition coefficient (Wildman–Crippen LogP) is 0.862. The third-order valence-corrected chi connectivity index (χ3v) is 3.31. The van der Waals surface area contributed by atoms with Gasteiger partial charge in [0, 0.05) is 12.7 Å². The summed E-state index contributed by atoms with van der Waals surface area (Å²) in [4.78, 5) is 18.9. The van der Waals surface area contributed by atoms with Gasteiger partial charge in [-0.3, -0.25) is 4.98 Å². The lowest BCUT2D eigenvalue weighted by Gasteiger charge is -2.32. The number of hydrogen-bond acceptors (Lipinski definition) is 8. The van der Waals surface area contributed by atoms with E-state index < -0.39 is 0 Å². The number of methoxy groups -OCH3 is 2. The molecular formula is C14H17N5O3. The van der Waals surface area contributed by atoms with Crippen LogP contribution in [-0.2, 0) is 4.74 Å². The van der Waals surface area contributed by atoms with Crippen molar-refractivity contribution < 1.29 is 14.2 Å². The lowest BCUT2D eigenvalue weighted by Crippen LogP contribution is -2.39. The van der Waals surface area contributed by atoms with Crippen molar-refractivity contribution in [2.75, 3.05) is 38.8 Å². The monoisotopic (exact) mass is 303 g/mol. The molecule has 1 aliphatic heterocycles. The summed E-state index contributed by atoms with van der Waals surface area (Å²) in [6, 6.07) is 6.22. The molecule has 0 spiro atoms. The number of hydrogen-bond donors (Lipinski definition) is 0. The first kappa shape index (κ1) is 14.5. The fourth-order valence-electron chi connectivity index (χ4n) is 2.23. The molecule has 0 N–H and O–H groups in total. The van der Waals surface area contributed by atoms with Crippen molar-refractivity contribution >= 4 is 5.95 Å². The molecule has 0 radical (unpaired) electrons. The Morgan fingerprint density at radius 3 is 2.55 bits per heavy atom. The first-order valence-electron chi connectivity index (χ1n) is 6.91. The molecule has 1 saturated heterocycles. The molecule has 0 bridgehead atoms. The summed E-state index contributed by atoms with van der Waals surface area (Å²) in [6.07, 6.45) is 1.64. The van der Waals surface area contributed by atoms with Crippen molar-refractivity contribution in [3.8, 4) is 12.0 Å². The fraction of sp³-hybridized carbons (Fsp3) is 0.429. The Balaban J connectivity index is 1.82. The van der Waals surface area contributed by atoms with Gasteiger partial charge in [0.25, 0.3) is 0 Å². The summed E-state index contributed by atoms with van der Waals surface area (Å²) in [5, 5.41) is 0. The van der Waals surface area contributed by atoms with E-state index in [4.69, 9.17) is 14.2 Å². The summed E-state index contributed by atoms with van der Waals surface area (Å²) >= 11 is 0. The number of aromatic nitrogens is 4. The summed E-state index contributed by atoms with van der Waals surface area (Å²) in [6.45, 7) is 1.85. The minimum absolute atomic E-state index is 0.122. The van der Waals surface area contributed by atoms with Gasteiger partial charge in [0.1, 0.15) is 6.10 Å². The lowest BCUT2D eigenvalue weighted by molar-refractivity contribution is 0.0363. The average molecular weight is 303 g/mol. The Morgan fingerprint density at radius 2 is 1.91 bits per heavy atom. The van der Waals surface area contributed by atoms with Crippen LogP contribution in [0.3, 0.4) is 0 Å². The molecule has 22 heavy (non-hydrogen) atoms. The Kier molecular flexibility index (Phi) is 4.29. The van der Waals surface area contributed by atoms with Crippen LogP contribution in [0.2, 0.25) is 0 Å². The molecule has 8 heteroatoms. The third kappa shape index (κ3) is 3.06. The SMILES string of the molecule is COc1nc(OC)nc(N2CCOC(c3ccccn3)C2)n1. The van der Waals surface area contributed by atoms with Gasteiger partial charge in [-0.15, -0.1) is 4.98 Å². The zero-order chi connectivity index (χ0) is 15.4. The van der Waals surface area contributed by atoms with Gasteiger partial charge in [0.05, 0.1) is 33.1 Å². The molecule has 0 aromatic carbocycles. The van der Waals surface area contributed by atoms with Crippen LogP contribution in [0.1, 0.15) is 11.8 Å². The number of anilines is 1. The van der Waals surface area contributed by atoms with Crippen LogP contribution < -0.4 is 14.4 Å². The fourth-order valence-corrected chi connectivity index (χ4v) is 2.23. The van der Waals surface area contributed by atoms with Gasteiger partial charge in [-0.2, -0.15) is 9.97 Å². The van der Waals surface area contributed by atoms with E-state index in [1.54, 1.807) is 6.20 Å². The maximum atomic E-state index is 5.79. The quantitative estimate of drug-likeness (QED) is 0.822. The Labute approximate surface area is 128 Å². The standard InChI is InChI=1S/C14H17N5O3/c1-20-13-16-12(17-14(18-13)21-2)19-7-8-22-11(9-19)10-5-3-4-6-15-10/h3-6,11H,7-9H2,1-2H3. The summed E-state index contributed by atoms with van der Waals surface area (Å²) in [5.41, 5.74) is 0.889. The highest BCUT2D eigenvalue weighted by Gasteiger charge is 2.25. The topological polar surface area (TPSA) is 82.5 Å². The summed E-state index contributed by atoms with van der Waals surface area (Å²) in [5.74, 6) is 0.507. The van der Waals surface area contributed by atoms with E-state index in [2.05, 4.69) is 19.9 Å². The van der Waals surface area contributed by atoms with Crippen molar-refractivity contribution in [1.29, 1.82) is 0 Å². The number of morpholine rings is 1. The van der Waals surface area contributed by atoms with Crippen LogP contribution in [-0.4, -0.2) is 53.9 Å². The highest BCUT2D eigenvalue weighted by molar-refractivity contribution is 5.33. The summed E-state index contributed by atoms with van der Waals surface area (Å²) in [7, 11) is 3.02. The van der Waals surface area contributed by atoms with Crippen LogP contribution in [0.25, 0.3) is 0 Å². The van der Waals surface area contributed by atoms with Gasteiger partial charge in [-0.25, -0.2) is 0 Å². The minimum atomic E-state index is -0.122. The summed E-state index contributed by atoms with van der Waals surface area (Å²) < 4.78 is 16.0. The van der Waals surface area contributed by atoms with Crippen molar-refractivity contribution in [3.05, 3.63) is 30.1 Å². The van der Waals surface area contributed by atoms with E-state index in [0.717, 1.165) is 5.69 Å². The molecule has 3 heterocycles. The molecule has 0 aliphatic carbocycles. The molecule has 1 atom stereocenters. The van der Waals surface area contributed by atoms with Gasteiger partial charge in [0.2, 0.25) is 5.95 Å². The molecule has 1 fully saturated rings. The highest BCUT2D eigenvalue weighted by Crippen LogP contribution is 2.24. The van der Waals surface area contributed by atoms with E-state index in [1.165, 1.54) is 14.2 Å². The third-order valence-electron chi connectivity index (χ3n) is 3.31. The van der Waals surface area contributed by atoms with Crippen LogP contribution in [0.15, 0.2) is 24.4 Å². The maximum Gasteiger partial charge on any atom is 0.324 e. The molecular weight excluding hydrogens is 286 g/mol. The molecule has 1 unspecified atom stereocenters. The van der Waals surface area contributed by atoms with Gasteiger partial charge in [-0.05, 0) is 12.1 Å². The second kappa shape index (κ2) is 6.52. The second-order valence-electron chi connectivity index (χ2n) is 4.67. The minimum Gasteiger partial charge on any atom is -0.467 e. The molecule has 116 valence electrons. The first-order chi connectivity index (χ1) is 10.8. The van der Waals surface area contributed by atoms with Gasteiger partial charge < -0.3 is 19.1 Å². The maximum absolute atomic E-state index is 5.79. The van der Waals surface area contributed by atoms with Crippen LogP contribution in [0.5, 0.6) is 12.0 Å². The van der Waals surface area contributed by atoms with Crippen LogP contribution in [0, 0.1) is 0 Å². The molecule has 3 rings (SSSR count). The zero-order valence-corrected chi connectivity index (χ0v) is 12.5. The smallest absolute Gasteiger partial charge is 0.324 e. The van der Waals surface area contributed by atoms with Crippen molar-refractivity contribution in [2.24, 2.45) is 0 Å². The molecule has 0 saturated carbocycles. The Hall–Kier alpha value is -2.48. The van der Waals surface area contributed by atoms with Crippen molar-refractivity contribution in [3.63, 3.8) is 0 Å². The first-order valence-corrected chi connectivity index (χ1v) is 6.91. The van der Waals surface area contributed by atoms with Gasteiger partial charge in [-0.1, -0.05) is 6.07 Å². The van der Waals surface area contributed by atoms with E-state index in [1.807, 2.05) is 23.1 Å². The van der Waals surface area contributed by atoms with Gasteiger partial charge >= 0.3 is 12.0 Å². The molecule has 2 aromatic heterocycles. The number of ether oxygens (including phenoxy) is 3. The molecule has 2 aromatic rings.